The number of aliphatic hydroxyl groups excluding tert-OH is 1. The van der Waals surface area contributed by atoms with Gasteiger partial charge in [0.2, 0.25) is 0 Å². The van der Waals surface area contributed by atoms with E-state index in [2.05, 4.69) is 5.32 Å². The fourth-order valence-electron chi connectivity index (χ4n) is 2.09. The standard InChI is InChI=1S/C14H17FN2O3/c1-9-6-7-17(8-12(9)18)14(20)13(19)16-11-4-2-10(15)3-5-11/h2-5,9,12,18H,6-8H2,1H3,(H,16,19). The molecule has 2 N–H and O–H groups in total. The molecule has 20 heavy (non-hydrogen) atoms. The van der Waals surface area contributed by atoms with Crippen LogP contribution in [0.1, 0.15) is 13.3 Å². The largest absolute Gasteiger partial charge is 0.391 e. The van der Waals surface area contributed by atoms with E-state index < -0.39 is 23.7 Å². The second-order valence-electron chi connectivity index (χ2n) is 5.05. The Morgan fingerprint density at radius 3 is 2.60 bits per heavy atom. The number of piperidine rings is 1. The number of nitrogens with one attached hydrogen (secondary N) is 1. The number of aliphatic hydroxyl groups is 1. The van der Waals surface area contributed by atoms with Crippen molar-refractivity contribution in [3.63, 3.8) is 0 Å². The molecule has 1 heterocycles. The highest BCUT2D eigenvalue weighted by Gasteiger charge is 2.30. The third-order valence-corrected chi connectivity index (χ3v) is 3.50. The summed E-state index contributed by atoms with van der Waals surface area (Å²) in [6, 6.07) is 5.17. The quantitative estimate of drug-likeness (QED) is 0.754. The van der Waals surface area contributed by atoms with Crippen molar-refractivity contribution in [3.8, 4) is 0 Å². The van der Waals surface area contributed by atoms with Crippen molar-refractivity contribution >= 4 is 17.5 Å². The van der Waals surface area contributed by atoms with Crippen LogP contribution in [0.25, 0.3) is 0 Å². The molecule has 1 aromatic rings. The summed E-state index contributed by atoms with van der Waals surface area (Å²) in [7, 11) is 0. The molecular weight excluding hydrogens is 263 g/mol. The van der Waals surface area contributed by atoms with E-state index in [1.54, 1.807) is 0 Å². The first kappa shape index (κ1) is 14.5. The molecule has 2 amide bonds. The van der Waals surface area contributed by atoms with Crippen molar-refractivity contribution in [2.75, 3.05) is 18.4 Å². The highest BCUT2D eigenvalue weighted by Crippen LogP contribution is 2.17. The fraction of sp³-hybridized carbons (Fsp3) is 0.429. The molecule has 0 aliphatic carbocycles. The van der Waals surface area contributed by atoms with E-state index in [-0.39, 0.29) is 12.5 Å². The van der Waals surface area contributed by atoms with Crippen LogP contribution in [0.2, 0.25) is 0 Å². The van der Waals surface area contributed by atoms with E-state index in [4.69, 9.17) is 0 Å². The predicted molar refractivity (Wildman–Crippen MR) is 71.4 cm³/mol. The number of carbonyl (C=O) groups excluding carboxylic acids is 2. The molecule has 5 nitrogen and oxygen atoms in total. The predicted octanol–water partition coefficient (Wildman–Crippen LogP) is 0.993. The van der Waals surface area contributed by atoms with Crippen LogP contribution in [-0.2, 0) is 9.59 Å². The zero-order valence-electron chi connectivity index (χ0n) is 11.2. The fourth-order valence-corrected chi connectivity index (χ4v) is 2.09. The number of carbonyl (C=O) groups is 2. The molecule has 1 saturated heterocycles. The molecule has 6 heteroatoms. The number of halogens is 1. The van der Waals surface area contributed by atoms with Crippen molar-refractivity contribution in [1.82, 2.24) is 4.90 Å². The van der Waals surface area contributed by atoms with E-state index in [1.165, 1.54) is 29.2 Å². The summed E-state index contributed by atoms with van der Waals surface area (Å²) in [5.74, 6) is -1.75. The van der Waals surface area contributed by atoms with Crippen LogP contribution in [0.5, 0.6) is 0 Å². The SMILES string of the molecule is CC1CCN(C(=O)C(=O)Nc2ccc(F)cc2)CC1O. The lowest BCUT2D eigenvalue weighted by molar-refractivity contribution is -0.146. The van der Waals surface area contributed by atoms with Crippen LogP contribution < -0.4 is 5.32 Å². The Hall–Kier alpha value is -1.95. The zero-order valence-corrected chi connectivity index (χ0v) is 11.2. The van der Waals surface area contributed by atoms with Crippen molar-refractivity contribution < 1.29 is 19.1 Å². The molecule has 108 valence electrons. The molecule has 2 atom stereocenters. The van der Waals surface area contributed by atoms with Gasteiger partial charge in [-0.25, -0.2) is 4.39 Å². The van der Waals surface area contributed by atoms with Crippen LogP contribution in [0.3, 0.4) is 0 Å². The summed E-state index contributed by atoms with van der Waals surface area (Å²) in [4.78, 5) is 25.1. The topological polar surface area (TPSA) is 69.6 Å². The first-order valence-electron chi connectivity index (χ1n) is 6.51. The van der Waals surface area contributed by atoms with Gasteiger partial charge in [0, 0.05) is 18.8 Å². The second kappa shape index (κ2) is 6.00. The molecule has 0 spiro atoms. The van der Waals surface area contributed by atoms with Crippen LogP contribution in [0, 0.1) is 11.7 Å². The van der Waals surface area contributed by atoms with Crippen LogP contribution in [-0.4, -0.2) is 41.0 Å². The maximum absolute atomic E-state index is 12.7. The van der Waals surface area contributed by atoms with Gasteiger partial charge in [0.25, 0.3) is 0 Å². The molecule has 0 aromatic heterocycles. The maximum atomic E-state index is 12.7. The molecule has 1 aliphatic heterocycles. The number of rotatable bonds is 1. The van der Waals surface area contributed by atoms with Crippen molar-refractivity contribution in [1.29, 1.82) is 0 Å². The lowest BCUT2D eigenvalue weighted by Gasteiger charge is -2.33. The highest BCUT2D eigenvalue weighted by atomic mass is 19.1. The molecule has 1 aromatic carbocycles. The summed E-state index contributed by atoms with van der Waals surface area (Å²) in [5, 5.41) is 12.1. The Balaban J connectivity index is 1.95. The number of hydrogen-bond donors (Lipinski definition) is 2. The second-order valence-corrected chi connectivity index (χ2v) is 5.05. The molecule has 0 saturated carbocycles. The number of nitrogens with zero attached hydrogens (tertiary/aromatic N) is 1. The van der Waals surface area contributed by atoms with Gasteiger partial charge in [0.15, 0.2) is 0 Å². The van der Waals surface area contributed by atoms with Gasteiger partial charge >= 0.3 is 11.8 Å². The van der Waals surface area contributed by atoms with Gasteiger partial charge < -0.3 is 15.3 Å². The van der Waals surface area contributed by atoms with Gasteiger partial charge in [-0.1, -0.05) is 6.92 Å². The molecule has 0 radical (unpaired) electrons. The smallest absolute Gasteiger partial charge is 0.313 e. The molecule has 0 bridgehead atoms. The van der Waals surface area contributed by atoms with E-state index in [0.717, 1.165) is 0 Å². The van der Waals surface area contributed by atoms with Gasteiger partial charge in [-0.15, -0.1) is 0 Å². The summed E-state index contributed by atoms with van der Waals surface area (Å²) < 4.78 is 12.7. The molecule has 1 aliphatic rings. The van der Waals surface area contributed by atoms with Gasteiger partial charge in [0.05, 0.1) is 6.10 Å². The Morgan fingerprint density at radius 2 is 2.00 bits per heavy atom. The van der Waals surface area contributed by atoms with Crippen LogP contribution in [0.15, 0.2) is 24.3 Å². The monoisotopic (exact) mass is 280 g/mol. The van der Waals surface area contributed by atoms with E-state index in [0.29, 0.717) is 18.7 Å². The summed E-state index contributed by atoms with van der Waals surface area (Å²) >= 11 is 0. The molecule has 2 unspecified atom stereocenters. The number of hydrogen-bond acceptors (Lipinski definition) is 3. The van der Waals surface area contributed by atoms with Crippen molar-refractivity contribution in [2.45, 2.75) is 19.4 Å². The van der Waals surface area contributed by atoms with E-state index >= 15 is 0 Å². The maximum Gasteiger partial charge on any atom is 0.313 e. The van der Waals surface area contributed by atoms with Crippen molar-refractivity contribution in [2.24, 2.45) is 5.92 Å². The minimum atomic E-state index is -0.779. The number of likely N-dealkylation sites (tertiary alicyclic amines) is 1. The van der Waals surface area contributed by atoms with Crippen LogP contribution >= 0.6 is 0 Å². The molecular formula is C14H17FN2O3. The van der Waals surface area contributed by atoms with Gasteiger partial charge in [-0.05, 0) is 36.6 Å². The Bertz CT molecular complexity index is 504. The van der Waals surface area contributed by atoms with E-state index in [1.807, 2.05) is 6.92 Å². The van der Waals surface area contributed by atoms with Crippen molar-refractivity contribution in [3.05, 3.63) is 30.1 Å². The first-order valence-corrected chi connectivity index (χ1v) is 6.51. The van der Waals surface area contributed by atoms with Gasteiger partial charge in [-0.3, -0.25) is 9.59 Å². The minimum absolute atomic E-state index is 0.124. The number of benzene rings is 1. The molecule has 1 fully saturated rings. The Labute approximate surface area is 116 Å². The Kier molecular flexibility index (Phi) is 4.34. The normalized spacial score (nSPS) is 22.4. The van der Waals surface area contributed by atoms with E-state index in [9.17, 15) is 19.1 Å². The minimum Gasteiger partial charge on any atom is -0.391 e. The number of anilines is 1. The average Bonchev–Trinajstić information content (AvgIpc) is 2.43. The summed E-state index contributed by atoms with van der Waals surface area (Å²) in [5.41, 5.74) is 0.357. The van der Waals surface area contributed by atoms with Gasteiger partial charge in [-0.2, -0.15) is 0 Å². The molecule has 2 rings (SSSR count). The summed E-state index contributed by atoms with van der Waals surface area (Å²) in [6.45, 7) is 2.52. The number of amides is 2. The summed E-state index contributed by atoms with van der Waals surface area (Å²) in [6.07, 6.45) is 0.0582. The third-order valence-electron chi connectivity index (χ3n) is 3.50. The first-order chi connectivity index (χ1) is 9.47. The lowest BCUT2D eigenvalue weighted by atomic mass is 9.96. The van der Waals surface area contributed by atoms with Crippen LogP contribution in [0.4, 0.5) is 10.1 Å². The Morgan fingerprint density at radius 1 is 1.35 bits per heavy atom. The zero-order chi connectivity index (χ0) is 14.7. The average molecular weight is 280 g/mol. The van der Waals surface area contributed by atoms with Gasteiger partial charge in [0.1, 0.15) is 5.82 Å². The highest BCUT2D eigenvalue weighted by molar-refractivity contribution is 6.39. The lowest BCUT2D eigenvalue weighted by Crippen LogP contribution is -2.49. The third kappa shape index (κ3) is 3.33. The number of β-amino-alcohol motifs (C(OH)–C–C–N with tert-alkyl or cyclic N) is 1.